The minimum atomic E-state index is -0.178. The first kappa shape index (κ1) is 21.2. The molecule has 0 aromatic carbocycles. The molecule has 2 rings (SSSR count). The van der Waals surface area contributed by atoms with E-state index in [1.54, 1.807) is 0 Å². The van der Waals surface area contributed by atoms with Crippen molar-refractivity contribution < 1.29 is 14.3 Å². The van der Waals surface area contributed by atoms with E-state index in [1.807, 2.05) is 0 Å². The van der Waals surface area contributed by atoms with Gasteiger partial charge in [0.05, 0.1) is 13.0 Å². The van der Waals surface area contributed by atoms with Gasteiger partial charge in [0.15, 0.2) is 0 Å². The van der Waals surface area contributed by atoms with E-state index in [9.17, 15) is 9.59 Å². The molecule has 24 heavy (non-hydrogen) atoms. The van der Waals surface area contributed by atoms with Gasteiger partial charge in [0.1, 0.15) is 0 Å². The summed E-state index contributed by atoms with van der Waals surface area (Å²) in [6.07, 6.45) is 10.1. The van der Waals surface area contributed by atoms with Crippen LogP contribution in [0, 0.1) is 11.8 Å². The molecule has 2 atom stereocenters. The Balaban J connectivity index is 0.00000288. The molecular formula is C18H33ClN2O3. The largest absolute Gasteiger partial charge is 0.469 e. The molecule has 2 unspecified atom stereocenters. The molecule has 0 aromatic heterocycles. The van der Waals surface area contributed by atoms with Crippen molar-refractivity contribution in [3.63, 3.8) is 0 Å². The van der Waals surface area contributed by atoms with Crippen LogP contribution in [0.25, 0.3) is 0 Å². The number of hydrogen-bond donors (Lipinski definition) is 2. The van der Waals surface area contributed by atoms with Gasteiger partial charge in [0.2, 0.25) is 5.91 Å². The maximum absolute atomic E-state index is 12.3. The molecule has 1 aliphatic heterocycles. The molecule has 2 fully saturated rings. The quantitative estimate of drug-likeness (QED) is 0.740. The third-order valence-electron chi connectivity index (χ3n) is 5.35. The van der Waals surface area contributed by atoms with Crippen molar-refractivity contribution in [3.8, 4) is 0 Å². The predicted octanol–water partition coefficient (Wildman–Crippen LogP) is 2.82. The zero-order valence-corrected chi connectivity index (χ0v) is 15.7. The molecule has 0 bridgehead atoms. The van der Waals surface area contributed by atoms with E-state index in [1.165, 1.54) is 32.8 Å². The number of nitrogens with one attached hydrogen (secondary N) is 2. The summed E-state index contributed by atoms with van der Waals surface area (Å²) in [6.45, 7) is 2.14. The second-order valence-corrected chi connectivity index (χ2v) is 7.03. The van der Waals surface area contributed by atoms with E-state index >= 15 is 0 Å². The summed E-state index contributed by atoms with van der Waals surface area (Å²) >= 11 is 0. The topological polar surface area (TPSA) is 67.4 Å². The van der Waals surface area contributed by atoms with E-state index in [-0.39, 0.29) is 36.2 Å². The molecule has 1 heterocycles. The van der Waals surface area contributed by atoms with E-state index in [2.05, 4.69) is 10.6 Å². The molecule has 0 spiro atoms. The summed E-state index contributed by atoms with van der Waals surface area (Å²) in [5.41, 5.74) is 0. The van der Waals surface area contributed by atoms with Crippen LogP contribution in [-0.2, 0) is 14.3 Å². The van der Waals surface area contributed by atoms with Crippen molar-refractivity contribution in [1.82, 2.24) is 10.6 Å². The summed E-state index contributed by atoms with van der Waals surface area (Å²) in [4.78, 5) is 24.4. The van der Waals surface area contributed by atoms with Crippen molar-refractivity contribution in [2.24, 2.45) is 11.8 Å². The van der Waals surface area contributed by atoms with Crippen LogP contribution in [0.1, 0.15) is 64.2 Å². The Morgan fingerprint density at radius 3 is 2.38 bits per heavy atom. The highest BCUT2D eigenvalue weighted by molar-refractivity contribution is 5.85. The number of hydrogen-bond acceptors (Lipinski definition) is 4. The van der Waals surface area contributed by atoms with Crippen LogP contribution in [0.5, 0.6) is 0 Å². The normalized spacial score (nSPS) is 25.7. The van der Waals surface area contributed by atoms with Gasteiger partial charge in [-0.05, 0) is 51.1 Å². The highest BCUT2D eigenvalue weighted by Crippen LogP contribution is 2.24. The Morgan fingerprint density at radius 1 is 1.04 bits per heavy atom. The Kier molecular flexibility index (Phi) is 10.3. The van der Waals surface area contributed by atoms with Gasteiger partial charge in [0, 0.05) is 12.5 Å². The maximum Gasteiger partial charge on any atom is 0.310 e. The van der Waals surface area contributed by atoms with Crippen LogP contribution in [-0.4, -0.2) is 38.1 Å². The smallest absolute Gasteiger partial charge is 0.310 e. The van der Waals surface area contributed by atoms with Gasteiger partial charge in [-0.3, -0.25) is 9.59 Å². The predicted molar refractivity (Wildman–Crippen MR) is 97.2 cm³/mol. The fraction of sp³-hybridized carbons (Fsp3) is 0.889. The number of carbonyl (C=O) groups is 2. The summed E-state index contributed by atoms with van der Waals surface area (Å²) in [7, 11) is 1.44. The molecule has 2 N–H and O–H groups in total. The van der Waals surface area contributed by atoms with Crippen molar-refractivity contribution >= 4 is 24.3 Å². The summed E-state index contributed by atoms with van der Waals surface area (Å²) < 4.78 is 4.96. The number of amides is 1. The lowest BCUT2D eigenvalue weighted by molar-refractivity contribution is -0.147. The van der Waals surface area contributed by atoms with Gasteiger partial charge in [0.25, 0.3) is 0 Å². The lowest BCUT2D eigenvalue weighted by Crippen LogP contribution is -2.44. The van der Waals surface area contributed by atoms with Gasteiger partial charge >= 0.3 is 5.97 Å². The second-order valence-electron chi connectivity index (χ2n) is 7.03. The van der Waals surface area contributed by atoms with Crippen LogP contribution in [0.2, 0.25) is 0 Å². The molecule has 1 saturated heterocycles. The van der Waals surface area contributed by atoms with Gasteiger partial charge in [-0.25, -0.2) is 0 Å². The molecule has 0 aromatic rings. The third-order valence-corrected chi connectivity index (χ3v) is 5.35. The van der Waals surface area contributed by atoms with Crippen LogP contribution in [0.15, 0.2) is 0 Å². The van der Waals surface area contributed by atoms with Gasteiger partial charge < -0.3 is 15.4 Å². The Bertz CT molecular complexity index is 386. The number of piperidine rings is 1. The lowest BCUT2D eigenvalue weighted by Gasteiger charge is -2.28. The number of esters is 1. The average molecular weight is 361 g/mol. The highest BCUT2D eigenvalue weighted by atomic mass is 35.5. The first-order valence-electron chi connectivity index (χ1n) is 9.28. The van der Waals surface area contributed by atoms with E-state index in [0.29, 0.717) is 12.3 Å². The van der Waals surface area contributed by atoms with Crippen molar-refractivity contribution in [2.75, 3.05) is 20.2 Å². The molecule has 5 nitrogen and oxygen atoms in total. The third kappa shape index (κ3) is 6.98. The minimum absolute atomic E-state index is 0. The van der Waals surface area contributed by atoms with Crippen LogP contribution < -0.4 is 10.6 Å². The van der Waals surface area contributed by atoms with Crippen molar-refractivity contribution in [2.45, 2.75) is 70.3 Å². The lowest BCUT2D eigenvalue weighted by atomic mass is 9.86. The summed E-state index contributed by atoms with van der Waals surface area (Å²) in [5, 5.41) is 6.49. The Morgan fingerprint density at radius 2 is 1.71 bits per heavy atom. The zero-order valence-electron chi connectivity index (χ0n) is 14.9. The molecule has 1 saturated carbocycles. The molecule has 2 aliphatic rings. The molecule has 1 amide bonds. The number of carbonyl (C=O) groups excluding carboxylic acids is 2. The van der Waals surface area contributed by atoms with Crippen LogP contribution in [0.3, 0.4) is 0 Å². The summed E-state index contributed by atoms with van der Waals surface area (Å²) in [6, 6.07) is -0.0525. The number of ether oxygens (including phenoxy) is 1. The maximum atomic E-state index is 12.3. The van der Waals surface area contributed by atoms with Crippen LogP contribution >= 0.6 is 12.4 Å². The highest BCUT2D eigenvalue weighted by Gasteiger charge is 2.30. The molecule has 6 heteroatoms. The minimum Gasteiger partial charge on any atom is -0.469 e. The Labute approximate surface area is 152 Å². The zero-order chi connectivity index (χ0) is 16.5. The van der Waals surface area contributed by atoms with Gasteiger partial charge in [-0.1, -0.05) is 25.7 Å². The fourth-order valence-corrected chi connectivity index (χ4v) is 3.88. The average Bonchev–Trinajstić information content (AvgIpc) is 2.56. The molecular weight excluding hydrogens is 328 g/mol. The number of rotatable bonds is 5. The van der Waals surface area contributed by atoms with Crippen molar-refractivity contribution in [3.05, 3.63) is 0 Å². The first-order chi connectivity index (χ1) is 11.2. The number of halogens is 1. The molecule has 140 valence electrons. The molecule has 1 aliphatic carbocycles. The van der Waals surface area contributed by atoms with Gasteiger partial charge in [-0.2, -0.15) is 0 Å². The standard InChI is InChI=1S/C18H32N2O3.ClH/c1-23-18(22)15-6-4-2-3-5-7-16(15)20-17(21)9-8-14-10-12-19-13-11-14;/h14-16,19H,2-13H2,1H3,(H,20,21);1H. The second kappa shape index (κ2) is 11.7. The molecule has 0 radical (unpaired) electrons. The number of methoxy groups -OCH3 is 1. The monoisotopic (exact) mass is 360 g/mol. The van der Waals surface area contributed by atoms with E-state index < -0.39 is 0 Å². The van der Waals surface area contributed by atoms with Crippen LogP contribution in [0.4, 0.5) is 0 Å². The van der Waals surface area contributed by atoms with Crippen molar-refractivity contribution in [1.29, 1.82) is 0 Å². The first-order valence-corrected chi connectivity index (χ1v) is 9.28. The summed E-state index contributed by atoms with van der Waals surface area (Å²) in [5.74, 6) is 0.414. The Hall–Kier alpha value is -0.810. The van der Waals surface area contributed by atoms with Gasteiger partial charge in [-0.15, -0.1) is 12.4 Å². The van der Waals surface area contributed by atoms with E-state index in [0.717, 1.165) is 45.2 Å². The van der Waals surface area contributed by atoms with E-state index in [4.69, 9.17) is 4.74 Å². The fourth-order valence-electron chi connectivity index (χ4n) is 3.88. The SMILES string of the molecule is COC(=O)C1CCCCCCC1NC(=O)CCC1CCNCC1.Cl.